The van der Waals surface area contributed by atoms with E-state index < -0.39 is 30.0 Å². The second kappa shape index (κ2) is 12.3. The molecule has 4 N–H and O–H groups in total. The molecule has 0 aromatic heterocycles. The summed E-state index contributed by atoms with van der Waals surface area (Å²) in [5.74, 6) is -1.44. The van der Waals surface area contributed by atoms with Crippen molar-refractivity contribution in [1.82, 2.24) is 20.9 Å². The van der Waals surface area contributed by atoms with Gasteiger partial charge in [0.1, 0.15) is 18.1 Å². The number of amides is 3. The van der Waals surface area contributed by atoms with Crippen LogP contribution in [0.15, 0.2) is 0 Å². The molecule has 0 radical (unpaired) electrons. The number of carboxylic acid groups (broad SMARTS) is 1. The van der Waals surface area contributed by atoms with Crippen LogP contribution in [0.1, 0.15) is 52.4 Å². The first-order valence-electron chi connectivity index (χ1n) is 11.2. The van der Waals surface area contributed by atoms with E-state index in [2.05, 4.69) is 16.0 Å². The Morgan fingerprint density at radius 2 is 1.90 bits per heavy atom. The maximum absolute atomic E-state index is 13.4. The highest BCUT2D eigenvalue weighted by Gasteiger charge is 2.40. The van der Waals surface area contributed by atoms with Crippen molar-refractivity contribution in [2.45, 2.75) is 76.5 Å². The summed E-state index contributed by atoms with van der Waals surface area (Å²) in [5.41, 5.74) is 0. The molecule has 2 rings (SSSR count). The average molecular weight is 457 g/mol. The molecule has 3 amide bonds. The molecule has 176 valence electrons. The molecular formula is C21H36N4O5S. The smallest absolute Gasteiger partial charge is 0.326 e. The molecule has 31 heavy (non-hydrogen) atoms. The minimum Gasteiger partial charge on any atom is -0.480 e. The normalized spacial score (nSPS) is 23.8. The summed E-state index contributed by atoms with van der Waals surface area (Å²) in [4.78, 5) is 51.9. The van der Waals surface area contributed by atoms with E-state index in [0.29, 0.717) is 38.0 Å². The van der Waals surface area contributed by atoms with Crippen LogP contribution in [0.2, 0.25) is 0 Å². The highest BCUT2D eigenvalue weighted by Crippen LogP contribution is 2.22. The van der Waals surface area contributed by atoms with Crippen molar-refractivity contribution in [3.8, 4) is 0 Å². The number of nitrogens with zero attached hydrogens (tertiary/aromatic N) is 1. The Morgan fingerprint density at radius 1 is 1.16 bits per heavy atom. The van der Waals surface area contributed by atoms with Gasteiger partial charge in [-0.05, 0) is 56.6 Å². The minimum atomic E-state index is -1.08. The summed E-state index contributed by atoms with van der Waals surface area (Å²) < 4.78 is 0. The molecule has 2 fully saturated rings. The predicted octanol–water partition coefficient (Wildman–Crippen LogP) is 0.583. The van der Waals surface area contributed by atoms with Gasteiger partial charge in [0.15, 0.2) is 0 Å². The lowest BCUT2D eigenvalue weighted by molar-refractivity contribution is -0.145. The Morgan fingerprint density at radius 3 is 2.48 bits per heavy atom. The predicted molar refractivity (Wildman–Crippen MR) is 120 cm³/mol. The fourth-order valence-corrected chi connectivity index (χ4v) is 4.56. The Hall–Kier alpha value is -1.81. The summed E-state index contributed by atoms with van der Waals surface area (Å²) >= 11 is 1.51. The molecule has 2 saturated heterocycles. The van der Waals surface area contributed by atoms with Crippen LogP contribution >= 0.6 is 11.8 Å². The van der Waals surface area contributed by atoms with Crippen molar-refractivity contribution >= 4 is 35.5 Å². The standard InChI is InChI=1S/C21H36N4O5S/c1-4-13(2)17(24-18(26)14-7-5-10-22-14)20(28)25-11-6-8-16(25)19(27)23-15(21(29)30)9-12-31-3/h13-17,22H,4-12H2,1-3H3,(H,23,27)(H,24,26)(H,29,30). The van der Waals surface area contributed by atoms with E-state index in [0.717, 1.165) is 19.4 Å². The fraction of sp³-hybridized carbons (Fsp3) is 0.810. The zero-order chi connectivity index (χ0) is 23.0. The molecule has 0 aromatic carbocycles. The Balaban J connectivity index is 2.09. The van der Waals surface area contributed by atoms with Gasteiger partial charge >= 0.3 is 5.97 Å². The minimum absolute atomic E-state index is 0.0875. The number of likely N-dealkylation sites (tertiary alicyclic amines) is 1. The van der Waals surface area contributed by atoms with Crippen LogP contribution in [0, 0.1) is 5.92 Å². The number of rotatable bonds is 11. The number of nitrogens with one attached hydrogen (secondary N) is 3. The van der Waals surface area contributed by atoms with Crippen LogP contribution < -0.4 is 16.0 Å². The number of carbonyl (C=O) groups is 4. The first-order chi connectivity index (χ1) is 14.8. The Labute approximate surface area is 188 Å². The molecule has 10 heteroatoms. The molecular weight excluding hydrogens is 420 g/mol. The maximum atomic E-state index is 13.4. The SMILES string of the molecule is CCC(C)C(NC(=O)C1CCCN1)C(=O)N1CCCC1C(=O)NC(CCSC)C(=O)O. The molecule has 0 spiro atoms. The zero-order valence-electron chi connectivity index (χ0n) is 18.7. The molecule has 0 saturated carbocycles. The molecule has 0 aromatic rings. The monoisotopic (exact) mass is 456 g/mol. The molecule has 0 aliphatic carbocycles. The van der Waals surface area contributed by atoms with Gasteiger partial charge in [-0.15, -0.1) is 0 Å². The summed E-state index contributed by atoms with van der Waals surface area (Å²) in [6.45, 7) is 5.08. The van der Waals surface area contributed by atoms with E-state index in [4.69, 9.17) is 0 Å². The lowest BCUT2D eigenvalue weighted by atomic mass is 9.96. The number of carbonyl (C=O) groups excluding carboxylic acids is 3. The van der Waals surface area contributed by atoms with Crippen molar-refractivity contribution in [2.24, 2.45) is 5.92 Å². The van der Waals surface area contributed by atoms with Crippen LogP contribution in [0.4, 0.5) is 0 Å². The van der Waals surface area contributed by atoms with E-state index >= 15 is 0 Å². The number of hydrogen-bond donors (Lipinski definition) is 4. The van der Waals surface area contributed by atoms with Crippen molar-refractivity contribution < 1.29 is 24.3 Å². The van der Waals surface area contributed by atoms with Gasteiger partial charge in [0, 0.05) is 6.54 Å². The Bertz CT molecular complexity index is 656. The van der Waals surface area contributed by atoms with Crippen molar-refractivity contribution in [2.75, 3.05) is 25.1 Å². The van der Waals surface area contributed by atoms with E-state index in [1.807, 2.05) is 20.1 Å². The number of carboxylic acids is 1. The van der Waals surface area contributed by atoms with Gasteiger partial charge in [-0.2, -0.15) is 11.8 Å². The van der Waals surface area contributed by atoms with E-state index in [1.54, 1.807) is 0 Å². The molecule has 2 aliphatic rings. The van der Waals surface area contributed by atoms with E-state index in [1.165, 1.54) is 16.7 Å². The molecule has 5 atom stereocenters. The zero-order valence-corrected chi connectivity index (χ0v) is 19.5. The summed E-state index contributed by atoms with van der Waals surface area (Å²) in [7, 11) is 0. The van der Waals surface area contributed by atoms with E-state index in [9.17, 15) is 24.3 Å². The Kier molecular flexibility index (Phi) is 10.1. The van der Waals surface area contributed by atoms with Gasteiger partial charge in [-0.25, -0.2) is 4.79 Å². The first kappa shape index (κ1) is 25.5. The molecule has 9 nitrogen and oxygen atoms in total. The lowest BCUT2D eigenvalue weighted by Crippen LogP contribution is -2.58. The molecule has 2 aliphatic heterocycles. The highest BCUT2D eigenvalue weighted by molar-refractivity contribution is 7.98. The molecule has 2 heterocycles. The third kappa shape index (κ3) is 6.83. The number of thioether (sulfide) groups is 1. The van der Waals surface area contributed by atoms with Gasteiger partial charge in [-0.3, -0.25) is 14.4 Å². The topological polar surface area (TPSA) is 128 Å². The second-order valence-electron chi connectivity index (χ2n) is 8.39. The lowest BCUT2D eigenvalue weighted by Gasteiger charge is -2.32. The number of hydrogen-bond acceptors (Lipinski definition) is 6. The molecule has 0 bridgehead atoms. The van der Waals surface area contributed by atoms with E-state index in [-0.39, 0.29) is 23.8 Å². The first-order valence-corrected chi connectivity index (χ1v) is 12.6. The maximum Gasteiger partial charge on any atom is 0.326 e. The van der Waals surface area contributed by atoms with Crippen molar-refractivity contribution in [3.05, 3.63) is 0 Å². The van der Waals surface area contributed by atoms with Gasteiger partial charge < -0.3 is 26.0 Å². The third-order valence-corrected chi connectivity index (χ3v) is 6.86. The average Bonchev–Trinajstić information content (AvgIpc) is 3.45. The number of aliphatic carboxylic acids is 1. The highest BCUT2D eigenvalue weighted by atomic mass is 32.2. The van der Waals surface area contributed by atoms with Gasteiger partial charge in [0.25, 0.3) is 0 Å². The fourth-order valence-electron chi connectivity index (χ4n) is 4.09. The van der Waals surface area contributed by atoms with Crippen LogP contribution in [0.3, 0.4) is 0 Å². The van der Waals surface area contributed by atoms with Gasteiger partial charge in [0.05, 0.1) is 6.04 Å². The molecule has 5 unspecified atom stereocenters. The summed E-state index contributed by atoms with van der Waals surface area (Å²) in [5, 5.41) is 18.1. The largest absolute Gasteiger partial charge is 0.480 e. The second-order valence-corrected chi connectivity index (χ2v) is 9.38. The quantitative estimate of drug-likeness (QED) is 0.358. The van der Waals surface area contributed by atoms with Gasteiger partial charge in [0.2, 0.25) is 17.7 Å². The van der Waals surface area contributed by atoms with Crippen molar-refractivity contribution in [1.29, 1.82) is 0 Å². The van der Waals surface area contributed by atoms with Crippen LogP contribution in [-0.2, 0) is 19.2 Å². The van der Waals surface area contributed by atoms with Crippen molar-refractivity contribution in [3.63, 3.8) is 0 Å². The van der Waals surface area contributed by atoms with Crippen LogP contribution in [0.25, 0.3) is 0 Å². The van der Waals surface area contributed by atoms with Crippen LogP contribution in [0.5, 0.6) is 0 Å². The van der Waals surface area contributed by atoms with Gasteiger partial charge in [-0.1, -0.05) is 20.3 Å². The third-order valence-electron chi connectivity index (χ3n) is 6.22. The van der Waals surface area contributed by atoms with Crippen LogP contribution in [-0.4, -0.2) is 83.0 Å². The summed E-state index contributed by atoms with van der Waals surface area (Å²) in [6, 6.07) is -2.68. The summed E-state index contributed by atoms with van der Waals surface area (Å²) in [6.07, 6.45) is 5.72.